The van der Waals surface area contributed by atoms with E-state index in [2.05, 4.69) is 10.6 Å². The number of aliphatic hydroxyl groups excluding tert-OH is 2. The number of nitrogens with two attached hydrogens (primary N) is 1. The molecule has 2 amide bonds. The van der Waals surface area contributed by atoms with Crippen molar-refractivity contribution in [2.45, 2.75) is 63.1 Å². The van der Waals surface area contributed by atoms with Crippen LogP contribution >= 0.6 is 0 Å². The zero-order chi connectivity index (χ0) is 21.6. The zero-order valence-electron chi connectivity index (χ0n) is 15.4. The number of carbonyl (C=O) groups is 4. The van der Waals surface area contributed by atoms with Gasteiger partial charge in [0.15, 0.2) is 0 Å². The van der Waals surface area contributed by atoms with Crippen molar-refractivity contribution >= 4 is 23.8 Å². The number of hydrogen-bond acceptors (Lipinski definition) is 8. The van der Waals surface area contributed by atoms with E-state index >= 15 is 0 Å². The number of ether oxygens (including phenoxy) is 1. The highest BCUT2D eigenvalue weighted by Crippen LogP contribution is 2.23. The lowest BCUT2D eigenvalue weighted by atomic mass is 9.92. The summed E-state index contributed by atoms with van der Waals surface area (Å²) in [6.45, 7) is 2.49. The molecule has 12 heteroatoms. The molecule has 0 bridgehead atoms. The summed E-state index contributed by atoms with van der Waals surface area (Å²) in [5.41, 5.74) is 5.34. The van der Waals surface area contributed by atoms with Gasteiger partial charge in [-0.25, -0.2) is 4.79 Å². The molecule has 0 saturated heterocycles. The van der Waals surface area contributed by atoms with Crippen molar-refractivity contribution in [3.63, 3.8) is 0 Å². The van der Waals surface area contributed by atoms with Gasteiger partial charge in [0, 0.05) is 13.3 Å². The zero-order valence-corrected chi connectivity index (χ0v) is 15.4. The van der Waals surface area contributed by atoms with E-state index in [-0.39, 0.29) is 12.8 Å². The van der Waals surface area contributed by atoms with Gasteiger partial charge in [-0.15, -0.1) is 0 Å². The van der Waals surface area contributed by atoms with Gasteiger partial charge in [0.05, 0.1) is 18.2 Å². The molecule has 8 N–H and O–H groups in total. The first-order valence-corrected chi connectivity index (χ1v) is 8.46. The molecule has 1 heterocycles. The Balaban J connectivity index is 3.04. The summed E-state index contributed by atoms with van der Waals surface area (Å²) in [5, 5.41) is 43.0. The second kappa shape index (κ2) is 10.0. The number of nitrogens with one attached hydrogen (secondary N) is 2. The number of rotatable bonds is 9. The van der Waals surface area contributed by atoms with Gasteiger partial charge in [-0.3, -0.25) is 14.4 Å². The quantitative estimate of drug-likeness (QED) is 0.211. The summed E-state index contributed by atoms with van der Waals surface area (Å²) in [6.07, 6.45) is -3.60. The topological polar surface area (TPSA) is 209 Å². The molecule has 0 spiro atoms. The van der Waals surface area contributed by atoms with Crippen LogP contribution < -0.4 is 16.4 Å². The van der Waals surface area contributed by atoms with Gasteiger partial charge in [0.1, 0.15) is 18.2 Å². The summed E-state index contributed by atoms with van der Waals surface area (Å²) in [5.74, 6) is -4.58. The minimum Gasteiger partial charge on any atom is -0.480 e. The SMILES string of the molecule is CC(=O)N[C@H](C1OC(C(=O)O)=C[C@H](O)[C@@H]1NC(=O)CC[C@H](N)C(=O)O)[C@H](C)O. The maximum atomic E-state index is 12.1. The number of aliphatic carboxylic acids is 2. The number of carbonyl (C=O) groups excluding carboxylic acids is 2. The Morgan fingerprint density at radius 1 is 1.29 bits per heavy atom. The van der Waals surface area contributed by atoms with E-state index in [9.17, 15) is 29.4 Å². The van der Waals surface area contributed by atoms with Crippen molar-refractivity contribution < 1.29 is 44.3 Å². The van der Waals surface area contributed by atoms with Crippen molar-refractivity contribution in [1.82, 2.24) is 10.6 Å². The van der Waals surface area contributed by atoms with Gasteiger partial charge in [-0.1, -0.05) is 0 Å². The summed E-state index contributed by atoms with van der Waals surface area (Å²) < 4.78 is 5.31. The van der Waals surface area contributed by atoms with E-state index in [1.54, 1.807) is 0 Å². The maximum absolute atomic E-state index is 12.1. The van der Waals surface area contributed by atoms with Crippen molar-refractivity contribution in [1.29, 1.82) is 0 Å². The molecule has 1 unspecified atom stereocenters. The number of amides is 2. The number of hydrogen-bond donors (Lipinski definition) is 7. The van der Waals surface area contributed by atoms with Gasteiger partial charge in [-0.2, -0.15) is 0 Å². The Kier molecular flexibility index (Phi) is 8.35. The van der Waals surface area contributed by atoms with E-state index in [0.717, 1.165) is 6.08 Å². The third kappa shape index (κ3) is 6.48. The van der Waals surface area contributed by atoms with Crippen LogP contribution in [0.4, 0.5) is 0 Å². The minimum atomic E-state index is -1.50. The van der Waals surface area contributed by atoms with E-state index in [4.69, 9.17) is 20.7 Å². The molecule has 1 aliphatic heterocycles. The lowest BCUT2D eigenvalue weighted by Gasteiger charge is -2.40. The first-order chi connectivity index (χ1) is 12.9. The minimum absolute atomic E-state index is 0.169. The van der Waals surface area contributed by atoms with Gasteiger partial charge >= 0.3 is 11.9 Å². The van der Waals surface area contributed by atoms with Gasteiger partial charge < -0.3 is 41.5 Å². The van der Waals surface area contributed by atoms with Crippen LogP contribution in [0, 0.1) is 0 Å². The smallest absolute Gasteiger partial charge is 0.370 e. The fourth-order valence-electron chi connectivity index (χ4n) is 2.68. The summed E-state index contributed by atoms with van der Waals surface area (Å²) in [6, 6.07) is -3.62. The van der Waals surface area contributed by atoms with Gasteiger partial charge in [0.2, 0.25) is 17.6 Å². The molecule has 0 radical (unpaired) electrons. The predicted octanol–water partition coefficient (Wildman–Crippen LogP) is -2.72. The average Bonchev–Trinajstić information content (AvgIpc) is 2.58. The van der Waals surface area contributed by atoms with Crippen LogP contribution in [-0.4, -0.2) is 80.6 Å². The standard InChI is InChI=1S/C16H25N3O9/c1-6(20)12(18-7(2)21)14-13(9(22)5-10(28-14)16(26)27)19-11(23)4-3-8(17)15(24)25/h5-6,8-9,12-14,20,22H,3-4,17H2,1-2H3,(H,18,21)(H,19,23)(H,24,25)(H,26,27)/t6-,8-,9-,12-,13-,14?/m0/s1. The van der Waals surface area contributed by atoms with Gasteiger partial charge in [0.25, 0.3) is 0 Å². The molecule has 6 atom stereocenters. The molecule has 0 fully saturated rings. The molecule has 1 aliphatic rings. The first kappa shape index (κ1) is 23.3. The average molecular weight is 403 g/mol. The molecule has 28 heavy (non-hydrogen) atoms. The lowest BCUT2D eigenvalue weighted by molar-refractivity contribution is -0.142. The van der Waals surface area contributed by atoms with Crippen molar-refractivity contribution in [3.05, 3.63) is 11.8 Å². The van der Waals surface area contributed by atoms with E-state index in [0.29, 0.717) is 0 Å². The molecule has 0 saturated carbocycles. The fraction of sp³-hybridized carbons (Fsp3) is 0.625. The normalized spacial score (nSPS) is 24.8. The van der Waals surface area contributed by atoms with Crippen molar-refractivity contribution in [2.75, 3.05) is 0 Å². The highest BCUT2D eigenvalue weighted by molar-refractivity contribution is 5.85. The molecule has 1 rings (SSSR count). The molecule has 0 aromatic rings. The Morgan fingerprint density at radius 2 is 1.89 bits per heavy atom. The molecule has 158 valence electrons. The molecule has 0 aliphatic carbocycles. The Bertz CT molecular complexity index is 649. The predicted molar refractivity (Wildman–Crippen MR) is 92.7 cm³/mol. The Hall–Kier alpha value is -2.70. The van der Waals surface area contributed by atoms with Gasteiger partial charge in [-0.05, 0) is 19.4 Å². The van der Waals surface area contributed by atoms with E-state index < -0.39 is 65.9 Å². The second-order valence-electron chi connectivity index (χ2n) is 6.45. The van der Waals surface area contributed by atoms with Crippen LogP contribution in [0.1, 0.15) is 26.7 Å². The molecule has 12 nitrogen and oxygen atoms in total. The fourth-order valence-corrected chi connectivity index (χ4v) is 2.68. The van der Waals surface area contributed by atoms with Crippen LogP contribution in [0.15, 0.2) is 11.8 Å². The summed E-state index contributed by atoms with van der Waals surface area (Å²) in [4.78, 5) is 45.5. The number of carboxylic acid groups (broad SMARTS) is 2. The van der Waals surface area contributed by atoms with Crippen molar-refractivity contribution in [3.8, 4) is 0 Å². The van der Waals surface area contributed by atoms with Crippen LogP contribution in [-0.2, 0) is 23.9 Å². The highest BCUT2D eigenvalue weighted by Gasteiger charge is 2.43. The van der Waals surface area contributed by atoms with Crippen LogP contribution in [0.2, 0.25) is 0 Å². The summed E-state index contributed by atoms with van der Waals surface area (Å²) >= 11 is 0. The lowest BCUT2D eigenvalue weighted by Crippen LogP contribution is -2.63. The van der Waals surface area contributed by atoms with Crippen LogP contribution in [0.25, 0.3) is 0 Å². The molecular formula is C16H25N3O9. The maximum Gasteiger partial charge on any atom is 0.370 e. The Labute approximate surface area is 160 Å². The number of carboxylic acids is 2. The second-order valence-corrected chi connectivity index (χ2v) is 6.45. The third-order valence-electron chi connectivity index (χ3n) is 4.09. The largest absolute Gasteiger partial charge is 0.480 e. The third-order valence-corrected chi connectivity index (χ3v) is 4.09. The molecular weight excluding hydrogens is 378 g/mol. The summed E-state index contributed by atoms with van der Waals surface area (Å²) in [7, 11) is 0. The van der Waals surface area contributed by atoms with Crippen LogP contribution in [0.5, 0.6) is 0 Å². The number of aliphatic hydroxyl groups is 2. The first-order valence-electron chi connectivity index (χ1n) is 8.46. The van der Waals surface area contributed by atoms with Crippen molar-refractivity contribution in [2.24, 2.45) is 5.73 Å². The van der Waals surface area contributed by atoms with E-state index in [1.165, 1.54) is 13.8 Å². The molecule has 0 aromatic carbocycles. The Morgan fingerprint density at radius 3 is 2.36 bits per heavy atom. The monoisotopic (exact) mass is 403 g/mol. The van der Waals surface area contributed by atoms with Crippen LogP contribution in [0.3, 0.4) is 0 Å². The van der Waals surface area contributed by atoms with E-state index in [1.807, 2.05) is 0 Å². The highest BCUT2D eigenvalue weighted by atomic mass is 16.5. The molecule has 0 aromatic heterocycles.